The van der Waals surface area contributed by atoms with Crippen LogP contribution in [0, 0.1) is 10.1 Å². The number of hydrogen-bond acceptors (Lipinski definition) is 7. The number of nitrogens with zero attached hydrogens (tertiary/aromatic N) is 2. The van der Waals surface area contributed by atoms with Gasteiger partial charge >= 0.3 is 0 Å². The molecule has 0 aliphatic rings. The molecule has 106 valence electrons. The number of anilines is 2. The number of nitro groups is 1. The second-order valence-corrected chi connectivity index (χ2v) is 5.30. The van der Waals surface area contributed by atoms with E-state index < -0.39 is 4.92 Å². The van der Waals surface area contributed by atoms with Crippen molar-refractivity contribution in [1.29, 1.82) is 0 Å². The Labute approximate surface area is 120 Å². The minimum Gasteiger partial charge on any atom is -0.378 e. The highest BCUT2D eigenvalue weighted by molar-refractivity contribution is 7.11. The number of rotatable bonds is 6. The molecule has 0 bridgehead atoms. The van der Waals surface area contributed by atoms with Gasteiger partial charge in [0.2, 0.25) is 0 Å². The van der Waals surface area contributed by atoms with E-state index in [2.05, 4.69) is 22.7 Å². The molecule has 0 aliphatic heterocycles. The van der Waals surface area contributed by atoms with Crippen LogP contribution in [0.1, 0.15) is 16.8 Å². The van der Waals surface area contributed by atoms with Crippen LogP contribution in [0.25, 0.3) is 0 Å². The number of thiazole rings is 1. The van der Waals surface area contributed by atoms with Gasteiger partial charge in [0.05, 0.1) is 17.2 Å². The van der Waals surface area contributed by atoms with Gasteiger partial charge in [-0.3, -0.25) is 16.0 Å². The van der Waals surface area contributed by atoms with E-state index in [1.807, 2.05) is 6.20 Å². The fourth-order valence-corrected chi connectivity index (χ4v) is 2.48. The van der Waals surface area contributed by atoms with Gasteiger partial charge < -0.3 is 10.7 Å². The molecular weight excluding hydrogens is 278 g/mol. The van der Waals surface area contributed by atoms with Crippen molar-refractivity contribution in [2.24, 2.45) is 5.84 Å². The van der Waals surface area contributed by atoms with Crippen LogP contribution in [-0.2, 0) is 13.0 Å². The Morgan fingerprint density at radius 1 is 1.40 bits per heavy atom. The molecule has 20 heavy (non-hydrogen) atoms. The predicted octanol–water partition coefficient (Wildman–Crippen LogP) is 2.51. The summed E-state index contributed by atoms with van der Waals surface area (Å²) in [6, 6.07) is 4.56. The lowest BCUT2D eigenvalue weighted by Gasteiger charge is -2.07. The number of hydrogen-bond donors (Lipinski definition) is 3. The number of non-ortho nitro benzene ring substituents is 1. The molecule has 7 nitrogen and oxygen atoms in total. The van der Waals surface area contributed by atoms with Crippen molar-refractivity contribution in [3.63, 3.8) is 0 Å². The quantitative estimate of drug-likeness (QED) is 0.429. The van der Waals surface area contributed by atoms with Crippen LogP contribution in [-0.4, -0.2) is 9.91 Å². The second kappa shape index (κ2) is 6.31. The molecule has 2 rings (SSSR count). The second-order valence-electron chi connectivity index (χ2n) is 4.10. The summed E-state index contributed by atoms with van der Waals surface area (Å²) in [7, 11) is 0. The molecule has 0 saturated carbocycles. The van der Waals surface area contributed by atoms with E-state index in [4.69, 9.17) is 5.84 Å². The third-order valence-electron chi connectivity index (χ3n) is 2.69. The summed E-state index contributed by atoms with van der Waals surface area (Å²) in [5.41, 5.74) is 3.51. The molecular formula is C12H15N5O2S. The molecule has 0 amide bonds. The molecule has 4 N–H and O–H groups in total. The zero-order valence-electron chi connectivity index (χ0n) is 10.9. The average Bonchev–Trinajstić information content (AvgIpc) is 2.92. The van der Waals surface area contributed by atoms with Gasteiger partial charge in [0, 0.05) is 28.9 Å². The number of nitrogens with one attached hydrogen (secondary N) is 2. The predicted molar refractivity (Wildman–Crippen MR) is 79.7 cm³/mol. The monoisotopic (exact) mass is 293 g/mol. The highest BCUT2D eigenvalue weighted by Gasteiger charge is 2.09. The van der Waals surface area contributed by atoms with Crippen molar-refractivity contribution in [3.05, 3.63) is 44.4 Å². The Hall–Kier alpha value is -2.19. The zero-order valence-corrected chi connectivity index (χ0v) is 11.7. The van der Waals surface area contributed by atoms with Gasteiger partial charge in [-0.25, -0.2) is 4.98 Å². The summed E-state index contributed by atoms with van der Waals surface area (Å²) >= 11 is 1.62. The lowest BCUT2D eigenvalue weighted by atomic mass is 10.2. The summed E-state index contributed by atoms with van der Waals surface area (Å²) in [6.07, 6.45) is 2.80. The number of aryl methyl sites for hydroxylation is 1. The minimum absolute atomic E-state index is 0.0173. The molecule has 0 saturated heterocycles. The molecule has 1 heterocycles. The van der Waals surface area contributed by atoms with Crippen LogP contribution in [0.3, 0.4) is 0 Å². The standard InChI is InChI=1S/C12H15N5O2S/c1-2-11-6-15-12(20-11)7-14-8-3-9(16-13)5-10(4-8)17(18)19/h3-6,14,16H,2,7,13H2,1H3. The first-order valence-electron chi connectivity index (χ1n) is 6.06. The molecule has 0 aliphatic carbocycles. The lowest BCUT2D eigenvalue weighted by molar-refractivity contribution is -0.384. The van der Waals surface area contributed by atoms with E-state index in [9.17, 15) is 10.1 Å². The molecule has 0 spiro atoms. The van der Waals surface area contributed by atoms with Crippen molar-refractivity contribution in [2.75, 3.05) is 10.7 Å². The first-order valence-corrected chi connectivity index (χ1v) is 6.87. The summed E-state index contributed by atoms with van der Waals surface area (Å²) in [5, 5.41) is 14.9. The van der Waals surface area contributed by atoms with Gasteiger partial charge in [-0.2, -0.15) is 0 Å². The Morgan fingerprint density at radius 2 is 2.15 bits per heavy atom. The summed E-state index contributed by atoms with van der Waals surface area (Å²) in [6.45, 7) is 2.60. The normalized spacial score (nSPS) is 10.3. The van der Waals surface area contributed by atoms with Crippen LogP contribution in [0.4, 0.5) is 17.1 Å². The molecule has 0 atom stereocenters. The lowest BCUT2D eigenvalue weighted by Crippen LogP contribution is -2.08. The van der Waals surface area contributed by atoms with Gasteiger partial charge in [-0.05, 0) is 12.5 Å². The first kappa shape index (κ1) is 14.2. The molecule has 8 heteroatoms. The molecule has 1 aromatic heterocycles. The third-order valence-corrected chi connectivity index (χ3v) is 3.83. The first-order chi connectivity index (χ1) is 9.62. The van der Waals surface area contributed by atoms with Crippen LogP contribution in [0.5, 0.6) is 0 Å². The van der Waals surface area contributed by atoms with Crippen LogP contribution < -0.4 is 16.6 Å². The number of nitrogen functional groups attached to an aromatic ring is 1. The Bertz CT molecular complexity index is 614. The smallest absolute Gasteiger partial charge is 0.273 e. The van der Waals surface area contributed by atoms with Gasteiger partial charge in [0.1, 0.15) is 5.01 Å². The largest absolute Gasteiger partial charge is 0.378 e. The molecule has 0 fully saturated rings. The highest BCUT2D eigenvalue weighted by Crippen LogP contribution is 2.24. The van der Waals surface area contributed by atoms with Gasteiger partial charge in [0.15, 0.2) is 0 Å². The molecule has 0 unspecified atom stereocenters. The number of aromatic nitrogens is 1. The summed E-state index contributed by atoms with van der Waals surface area (Å²) < 4.78 is 0. The summed E-state index contributed by atoms with van der Waals surface area (Å²) in [4.78, 5) is 15.9. The van der Waals surface area contributed by atoms with E-state index in [0.29, 0.717) is 17.9 Å². The highest BCUT2D eigenvalue weighted by atomic mass is 32.1. The Morgan fingerprint density at radius 3 is 2.75 bits per heavy atom. The Kier molecular flexibility index (Phi) is 4.49. The SMILES string of the molecule is CCc1cnc(CNc2cc(NN)cc([N+](=O)[O-])c2)s1. The van der Waals surface area contributed by atoms with Crippen molar-refractivity contribution in [3.8, 4) is 0 Å². The molecule has 0 radical (unpaired) electrons. The van der Waals surface area contributed by atoms with Gasteiger partial charge in [-0.15, -0.1) is 11.3 Å². The maximum Gasteiger partial charge on any atom is 0.273 e. The Balaban J connectivity index is 2.12. The number of benzene rings is 1. The third kappa shape index (κ3) is 3.43. The van der Waals surface area contributed by atoms with Crippen molar-refractivity contribution in [1.82, 2.24) is 4.98 Å². The topological polar surface area (TPSA) is 106 Å². The van der Waals surface area contributed by atoms with E-state index >= 15 is 0 Å². The number of hydrazine groups is 1. The molecule has 1 aromatic carbocycles. The average molecular weight is 293 g/mol. The van der Waals surface area contributed by atoms with Crippen LogP contribution in [0.2, 0.25) is 0 Å². The molecule has 2 aromatic rings. The van der Waals surface area contributed by atoms with Crippen molar-refractivity contribution >= 4 is 28.4 Å². The fraction of sp³-hybridized carbons (Fsp3) is 0.250. The van der Waals surface area contributed by atoms with E-state index in [-0.39, 0.29) is 5.69 Å². The van der Waals surface area contributed by atoms with Crippen molar-refractivity contribution in [2.45, 2.75) is 19.9 Å². The van der Waals surface area contributed by atoms with Gasteiger partial charge in [-0.1, -0.05) is 6.92 Å². The maximum atomic E-state index is 10.8. The summed E-state index contributed by atoms with van der Waals surface area (Å²) in [5.74, 6) is 5.31. The van der Waals surface area contributed by atoms with E-state index in [1.54, 1.807) is 17.4 Å². The van der Waals surface area contributed by atoms with Crippen LogP contribution in [0.15, 0.2) is 24.4 Å². The van der Waals surface area contributed by atoms with Crippen molar-refractivity contribution < 1.29 is 4.92 Å². The number of nitrogens with two attached hydrogens (primary N) is 1. The van der Waals surface area contributed by atoms with Crippen LogP contribution >= 0.6 is 11.3 Å². The number of nitro benzene ring substituents is 1. The minimum atomic E-state index is -0.454. The van der Waals surface area contributed by atoms with E-state index in [1.165, 1.54) is 17.0 Å². The van der Waals surface area contributed by atoms with Gasteiger partial charge in [0.25, 0.3) is 5.69 Å². The zero-order chi connectivity index (χ0) is 14.5. The maximum absolute atomic E-state index is 10.8. The fourth-order valence-electron chi connectivity index (χ4n) is 1.67. The van der Waals surface area contributed by atoms with E-state index in [0.717, 1.165) is 11.4 Å².